The van der Waals surface area contributed by atoms with Crippen molar-refractivity contribution in [2.45, 2.75) is 43.9 Å². The normalized spacial score (nSPS) is 29.3. The van der Waals surface area contributed by atoms with Crippen LogP contribution in [0.15, 0.2) is 4.99 Å². The highest BCUT2D eigenvalue weighted by Crippen LogP contribution is 2.32. The van der Waals surface area contributed by atoms with Gasteiger partial charge in [-0.25, -0.2) is 0 Å². The summed E-state index contributed by atoms with van der Waals surface area (Å²) in [5, 5.41) is 3.64. The molecular formula is C16H31IN4S. The van der Waals surface area contributed by atoms with Crippen LogP contribution in [0.1, 0.15) is 33.1 Å². The standard InChI is InChI=1S/C16H30N4S.HI/c1-16(2)12-20(8-9-21-16)15(17-3)18-10-13-6-7-19(11-13)14-4-5-14;/h13-14H,4-12H2,1-3H3,(H,17,18);1H. The van der Waals surface area contributed by atoms with Gasteiger partial charge in [-0.05, 0) is 45.6 Å². The van der Waals surface area contributed by atoms with Crippen LogP contribution in [0.5, 0.6) is 0 Å². The van der Waals surface area contributed by atoms with Gasteiger partial charge < -0.3 is 15.1 Å². The summed E-state index contributed by atoms with van der Waals surface area (Å²) in [5.74, 6) is 3.11. The first-order valence-electron chi connectivity index (χ1n) is 8.41. The number of guanidine groups is 1. The Morgan fingerprint density at radius 2 is 2.05 bits per heavy atom. The van der Waals surface area contributed by atoms with E-state index >= 15 is 0 Å². The van der Waals surface area contributed by atoms with Gasteiger partial charge in [0, 0.05) is 49.8 Å². The summed E-state index contributed by atoms with van der Waals surface area (Å²) in [5.41, 5.74) is 0. The number of hydrogen-bond acceptors (Lipinski definition) is 3. The summed E-state index contributed by atoms with van der Waals surface area (Å²) in [7, 11) is 1.92. The summed E-state index contributed by atoms with van der Waals surface area (Å²) < 4.78 is 0.339. The Hall–Kier alpha value is 0.310. The summed E-state index contributed by atoms with van der Waals surface area (Å²) in [4.78, 5) is 9.64. The van der Waals surface area contributed by atoms with Crippen molar-refractivity contribution in [3.05, 3.63) is 0 Å². The van der Waals surface area contributed by atoms with Crippen LogP contribution in [-0.4, -0.2) is 72.1 Å². The molecule has 1 unspecified atom stereocenters. The molecule has 128 valence electrons. The number of likely N-dealkylation sites (tertiary alicyclic amines) is 1. The Bertz CT molecular complexity index is 398. The highest BCUT2D eigenvalue weighted by molar-refractivity contribution is 14.0. The average molecular weight is 438 g/mol. The zero-order chi connectivity index (χ0) is 14.9. The molecule has 1 saturated carbocycles. The zero-order valence-corrected chi connectivity index (χ0v) is 17.3. The maximum atomic E-state index is 4.51. The van der Waals surface area contributed by atoms with Crippen LogP contribution in [0.4, 0.5) is 0 Å². The molecule has 1 atom stereocenters. The summed E-state index contributed by atoms with van der Waals surface area (Å²) in [6, 6.07) is 0.925. The van der Waals surface area contributed by atoms with Crippen molar-refractivity contribution in [1.29, 1.82) is 0 Å². The van der Waals surface area contributed by atoms with Gasteiger partial charge in [-0.3, -0.25) is 4.99 Å². The fraction of sp³-hybridized carbons (Fsp3) is 0.938. The van der Waals surface area contributed by atoms with E-state index in [1.807, 2.05) is 7.05 Å². The maximum Gasteiger partial charge on any atom is 0.193 e. The quantitative estimate of drug-likeness (QED) is 0.417. The monoisotopic (exact) mass is 438 g/mol. The Morgan fingerprint density at radius 1 is 1.27 bits per heavy atom. The number of nitrogens with one attached hydrogen (secondary N) is 1. The largest absolute Gasteiger partial charge is 0.356 e. The maximum absolute atomic E-state index is 4.51. The van der Waals surface area contributed by atoms with E-state index in [1.54, 1.807) is 0 Å². The van der Waals surface area contributed by atoms with Gasteiger partial charge in [-0.2, -0.15) is 11.8 Å². The number of nitrogens with zero attached hydrogens (tertiary/aromatic N) is 3. The molecule has 6 heteroatoms. The van der Waals surface area contributed by atoms with Gasteiger partial charge in [-0.1, -0.05) is 0 Å². The topological polar surface area (TPSA) is 30.9 Å². The van der Waals surface area contributed by atoms with Crippen molar-refractivity contribution in [2.75, 3.05) is 45.5 Å². The lowest BCUT2D eigenvalue weighted by Crippen LogP contribution is -2.51. The van der Waals surface area contributed by atoms with Crippen molar-refractivity contribution in [3.8, 4) is 0 Å². The number of thioether (sulfide) groups is 1. The average Bonchev–Trinajstić information content (AvgIpc) is 3.18. The van der Waals surface area contributed by atoms with E-state index in [0.29, 0.717) is 4.75 Å². The molecule has 0 aromatic heterocycles. The third-order valence-electron chi connectivity index (χ3n) is 4.87. The highest BCUT2D eigenvalue weighted by atomic mass is 127. The third kappa shape index (κ3) is 4.90. The molecule has 22 heavy (non-hydrogen) atoms. The van der Waals surface area contributed by atoms with Gasteiger partial charge in [0.1, 0.15) is 0 Å². The lowest BCUT2D eigenvalue weighted by Gasteiger charge is -2.39. The van der Waals surface area contributed by atoms with Crippen LogP contribution in [-0.2, 0) is 0 Å². The Labute approximate surface area is 156 Å². The van der Waals surface area contributed by atoms with Crippen LogP contribution < -0.4 is 5.32 Å². The van der Waals surface area contributed by atoms with E-state index in [4.69, 9.17) is 0 Å². The van der Waals surface area contributed by atoms with Crippen molar-refractivity contribution in [1.82, 2.24) is 15.1 Å². The van der Waals surface area contributed by atoms with Gasteiger partial charge in [0.05, 0.1) is 0 Å². The fourth-order valence-electron chi connectivity index (χ4n) is 3.57. The third-order valence-corrected chi connectivity index (χ3v) is 6.16. The lowest BCUT2D eigenvalue weighted by atomic mass is 10.1. The van der Waals surface area contributed by atoms with Crippen LogP contribution >= 0.6 is 35.7 Å². The Morgan fingerprint density at radius 3 is 2.68 bits per heavy atom. The molecule has 0 radical (unpaired) electrons. The first-order chi connectivity index (χ1) is 10.1. The number of rotatable bonds is 3. The van der Waals surface area contributed by atoms with E-state index in [2.05, 4.69) is 45.7 Å². The van der Waals surface area contributed by atoms with E-state index < -0.39 is 0 Å². The number of aliphatic imine (C=N–C) groups is 1. The molecule has 2 aliphatic heterocycles. The van der Waals surface area contributed by atoms with Gasteiger partial charge >= 0.3 is 0 Å². The molecule has 2 saturated heterocycles. The van der Waals surface area contributed by atoms with E-state index in [9.17, 15) is 0 Å². The molecule has 0 bridgehead atoms. The Balaban J connectivity index is 0.00000176. The van der Waals surface area contributed by atoms with Crippen LogP contribution in [0.3, 0.4) is 0 Å². The second-order valence-electron chi connectivity index (χ2n) is 7.34. The molecule has 0 aromatic carbocycles. The van der Waals surface area contributed by atoms with Gasteiger partial charge in [-0.15, -0.1) is 24.0 Å². The molecule has 3 fully saturated rings. The van der Waals surface area contributed by atoms with E-state index in [-0.39, 0.29) is 24.0 Å². The minimum absolute atomic E-state index is 0. The van der Waals surface area contributed by atoms with E-state index in [0.717, 1.165) is 37.6 Å². The van der Waals surface area contributed by atoms with Crippen LogP contribution in [0, 0.1) is 5.92 Å². The van der Waals surface area contributed by atoms with Crippen LogP contribution in [0.25, 0.3) is 0 Å². The van der Waals surface area contributed by atoms with E-state index in [1.165, 1.54) is 38.1 Å². The second kappa shape index (κ2) is 7.92. The molecule has 1 N–H and O–H groups in total. The predicted octanol–water partition coefficient (Wildman–Crippen LogP) is 2.49. The first-order valence-corrected chi connectivity index (χ1v) is 9.39. The highest BCUT2D eigenvalue weighted by Gasteiger charge is 2.34. The smallest absolute Gasteiger partial charge is 0.193 e. The first kappa shape index (κ1) is 18.6. The number of hydrogen-bond donors (Lipinski definition) is 1. The Kier molecular flexibility index (Phi) is 6.71. The molecule has 1 aliphatic carbocycles. The van der Waals surface area contributed by atoms with Crippen molar-refractivity contribution in [2.24, 2.45) is 10.9 Å². The SMILES string of the molecule is CN=C(NCC1CCN(C2CC2)C1)N1CCSC(C)(C)C1.I. The lowest BCUT2D eigenvalue weighted by molar-refractivity contribution is 0.312. The minimum Gasteiger partial charge on any atom is -0.356 e. The van der Waals surface area contributed by atoms with Gasteiger partial charge in [0.2, 0.25) is 0 Å². The number of halogens is 1. The fourth-order valence-corrected chi connectivity index (χ4v) is 4.68. The molecule has 4 nitrogen and oxygen atoms in total. The molecule has 0 spiro atoms. The molecule has 3 aliphatic rings. The molecular weight excluding hydrogens is 407 g/mol. The summed E-state index contributed by atoms with van der Waals surface area (Å²) in [6.07, 6.45) is 4.21. The second-order valence-corrected chi connectivity index (χ2v) is 9.14. The van der Waals surface area contributed by atoms with Crippen molar-refractivity contribution < 1.29 is 0 Å². The van der Waals surface area contributed by atoms with Crippen molar-refractivity contribution in [3.63, 3.8) is 0 Å². The van der Waals surface area contributed by atoms with Crippen LogP contribution in [0.2, 0.25) is 0 Å². The van der Waals surface area contributed by atoms with Crippen molar-refractivity contribution >= 4 is 41.7 Å². The molecule has 0 amide bonds. The van der Waals surface area contributed by atoms with Gasteiger partial charge in [0.25, 0.3) is 0 Å². The summed E-state index contributed by atoms with van der Waals surface area (Å²) >= 11 is 2.07. The molecule has 0 aromatic rings. The molecule has 2 heterocycles. The predicted molar refractivity (Wildman–Crippen MR) is 108 cm³/mol. The molecule has 3 rings (SSSR count). The zero-order valence-electron chi connectivity index (χ0n) is 14.2. The minimum atomic E-state index is 0. The van der Waals surface area contributed by atoms with Gasteiger partial charge in [0.15, 0.2) is 5.96 Å². The summed E-state index contributed by atoms with van der Waals surface area (Å²) in [6.45, 7) is 10.6.